The first-order valence-corrected chi connectivity index (χ1v) is 12.3. The van der Waals surface area contributed by atoms with E-state index in [1.165, 1.54) is 19.3 Å². The second-order valence-corrected chi connectivity index (χ2v) is 9.25. The maximum Gasteiger partial charge on any atom is 0.348 e. The van der Waals surface area contributed by atoms with Gasteiger partial charge < -0.3 is 19.2 Å². The lowest BCUT2D eigenvalue weighted by Crippen LogP contribution is -2.33. The van der Waals surface area contributed by atoms with Crippen molar-refractivity contribution in [1.82, 2.24) is 5.32 Å². The van der Waals surface area contributed by atoms with Crippen LogP contribution in [0.1, 0.15) is 43.8 Å². The summed E-state index contributed by atoms with van der Waals surface area (Å²) in [5.74, 6) is -0.684. The Kier molecular flexibility index (Phi) is 9.03. The number of carbonyl (C=O) groups excluding carboxylic acids is 3. The van der Waals surface area contributed by atoms with Gasteiger partial charge in [-0.3, -0.25) is 10.1 Å². The van der Waals surface area contributed by atoms with E-state index in [1.807, 2.05) is 25.1 Å². The van der Waals surface area contributed by atoms with Gasteiger partial charge in [-0.25, -0.2) is 9.59 Å². The van der Waals surface area contributed by atoms with Gasteiger partial charge in [0.25, 0.3) is 0 Å². The molecule has 0 aliphatic rings. The maximum atomic E-state index is 12.4. The van der Waals surface area contributed by atoms with Gasteiger partial charge in [0.2, 0.25) is 5.91 Å². The van der Waals surface area contributed by atoms with Crippen LogP contribution in [0.25, 0.3) is 17.4 Å². The van der Waals surface area contributed by atoms with Crippen LogP contribution in [-0.4, -0.2) is 36.7 Å². The van der Waals surface area contributed by atoms with Gasteiger partial charge in [-0.15, -0.1) is 11.3 Å². The van der Waals surface area contributed by atoms with Crippen LogP contribution in [0.4, 0.5) is 5.00 Å². The van der Waals surface area contributed by atoms with Crippen molar-refractivity contribution < 1.29 is 28.3 Å². The highest BCUT2D eigenvalue weighted by Crippen LogP contribution is 2.34. The van der Waals surface area contributed by atoms with Crippen molar-refractivity contribution >= 4 is 69.2 Å². The van der Waals surface area contributed by atoms with Crippen LogP contribution < -0.4 is 10.6 Å². The summed E-state index contributed by atoms with van der Waals surface area (Å²) < 4.78 is 15.6. The minimum absolute atomic E-state index is 0.0673. The molecule has 0 radical (unpaired) electrons. The number of aryl methyl sites for hydroxylation is 1. The number of furan rings is 1. The van der Waals surface area contributed by atoms with Crippen LogP contribution in [0.2, 0.25) is 5.02 Å². The largest absolute Gasteiger partial charge is 0.465 e. The fourth-order valence-electron chi connectivity index (χ4n) is 3.13. The molecule has 2 aromatic heterocycles. The average molecular weight is 547 g/mol. The normalized spacial score (nSPS) is 10.8. The molecule has 0 saturated carbocycles. The van der Waals surface area contributed by atoms with Crippen LogP contribution in [0.3, 0.4) is 0 Å². The Morgan fingerprint density at radius 1 is 1.17 bits per heavy atom. The number of rotatable bonds is 7. The molecule has 0 aliphatic carbocycles. The van der Waals surface area contributed by atoms with E-state index in [0.29, 0.717) is 22.1 Å². The summed E-state index contributed by atoms with van der Waals surface area (Å²) >= 11 is 12.4. The number of anilines is 1. The molecule has 0 aliphatic heterocycles. The van der Waals surface area contributed by atoms with Gasteiger partial charge in [-0.1, -0.05) is 23.7 Å². The van der Waals surface area contributed by atoms with Gasteiger partial charge in [0, 0.05) is 16.7 Å². The molecule has 2 N–H and O–H groups in total. The van der Waals surface area contributed by atoms with E-state index in [4.69, 9.17) is 37.7 Å². The molecule has 0 unspecified atom stereocenters. The SMILES string of the molecule is CCOC(=O)c1c(NC(=S)NC(=O)/C=C/c2ccc(-c3ccc(C)c(Cl)c3)o2)sc(C(=O)OC)c1C. The van der Waals surface area contributed by atoms with Crippen LogP contribution >= 0.6 is 35.2 Å². The van der Waals surface area contributed by atoms with E-state index in [-0.39, 0.29) is 27.2 Å². The maximum absolute atomic E-state index is 12.4. The summed E-state index contributed by atoms with van der Waals surface area (Å²) in [5, 5.41) is 6.11. The van der Waals surface area contributed by atoms with E-state index in [2.05, 4.69) is 10.6 Å². The zero-order valence-electron chi connectivity index (χ0n) is 19.9. The molecule has 3 aromatic rings. The Hall–Kier alpha value is -3.47. The summed E-state index contributed by atoms with van der Waals surface area (Å²) in [5.41, 5.74) is 2.32. The number of nitrogens with one attached hydrogen (secondary N) is 2. The Morgan fingerprint density at radius 2 is 1.92 bits per heavy atom. The van der Waals surface area contributed by atoms with E-state index < -0.39 is 17.8 Å². The summed E-state index contributed by atoms with van der Waals surface area (Å²) in [6.45, 7) is 5.34. The Balaban J connectivity index is 1.69. The fourth-order valence-corrected chi connectivity index (χ4v) is 4.69. The molecule has 0 spiro atoms. The summed E-state index contributed by atoms with van der Waals surface area (Å²) in [6, 6.07) is 9.10. The first-order chi connectivity index (χ1) is 17.1. The van der Waals surface area contributed by atoms with Crippen molar-refractivity contribution in [2.45, 2.75) is 20.8 Å². The number of hydrogen-bond donors (Lipinski definition) is 2. The summed E-state index contributed by atoms with van der Waals surface area (Å²) in [7, 11) is 1.24. The number of benzene rings is 1. The van der Waals surface area contributed by atoms with Crippen molar-refractivity contribution in [2.75, 3.05) is 19.0 Å². The fraction of sp³-hybridized carbons (Fsp3) is 0.200. The first-order valence-electron chi connectivity index (χ1n) is 10.7. The zero-order chi connectivity index (χ0) is 26.4. The molecule has 0 fully saturated rings. The number of halogens is 1. The average Bonchev–Trinajstić information content (AvgIpc) is 3.43. The molecule has 3 rings (SSSR count). The van der Waals surface area contributed by atoms with E-state index in [9.17, 15) is 14.4 Å². The second-order valence-electron chi connectivity index (χ2n) is 7.42. The number of thiophene rings is 1. The predicted octanol–water partition coefficient (Wildman–Crippen LogP) is 5.77. The zero-order valence-corrected chi connectivity index (χ0v) is 22.3. The number of methoxy groups -OCH3 is 1. The van der Waals surface area contributed by atoms with Gasteiger partial charge in [-0.05, 0) is 68.4 Å². The minimum Gasteiger partial charge on any atom is -0.465 e. The molecule has 2 heterocycles. The third-order valence-electron chi connectivity index (χ3n) is 4.94. The first kappa shape index (κ1) is 27.1. The Bertz CT molecular complexity index is 1360. The quantitative estimate of drug-likeness (QED) is 0.218. The van der Waals surface area contributed by atoms with Gasteiger partial charge >= 0.3 is 11.9 Å². The van der Waals surface area contributed by atoms with Crippen LogP contribution in [-0.2, 0) is 14.3 Å². The minimum atomic E-state index is -0.624. The van der Waals surface area contributed by atoms with Gasteiger partial charge in [0.1, 0.15) is 21.4 Å². The number of amides is 1. The third kappa shape index (κ3) is 6.39. The van der Waals surface area contributed by atoms with Crippen molar-refractivity contribution in [3.63, 3.8) is 0 Å². The van der Waals surface area contributed by atoms with Crippen molar-refractivity contribution in [2.24, 2.45) is 0 Å². The molecule has 188 valence electrons. The molecular formula is C25H23ClN2O6S2. The van der Waals surface area contributed by atoms with Crippen LogP contribution in [0.15, 0.2) is 40.8 Å². The van der Waals surface area contributed by atoms with E-state index in [1.54, 1.807) is 26.0 Å². The number of ether oxygens (including phenoxy) is 2. The molecule has 0 bridgehead atoms. The molecule has 0 atom stereocenters. The van der Waals surface area contributed by atoms with Gasteiger partial charge in [0.05, 0.1) is 19.3 Å². The number of hydrogen-bond acceptors (Lipinski definition) is 8. The highest BCUT2D eigenvalue weighted by molar-refractivity contribution is 7.80. The van der Waals surface area contributed by atoms with Crippen molar-refractivity contribution in [3.05, 3.63) is 68.8 Å². The van der Waals surface area contributed by atoms with E-state index >= 15 is 0 Å². The highest BCUT2D eigenvalue weighted by Gasteiger charge is 2.26. The summed E-state index contributed by atoms with van der Waals surface area (Å²) in [4.78, 5) is 37.1. The summed E-state index contributed by atoms with van der Waals surface area (Å²) in [6.07, 6.45) is 2.75. The Labute approximate surface area is 222 Å². The molecule has 11 heteroatoms. The molecule has 1 amide bonds. The lowest BCUT2D eigenvalue weighted by molar-refractivity contribution is -0.115. The highest BCUT2D eigenvalue weighted by atomic mass is 35.5. The van der Waals surface area contributed by atoms with Gasteiger partial charge in [-0.2, -0.15) is 0 Å². The predicted molar refractivity (Wildman–Crippen MR) is 144 cm³/mol. The van der Waals surface area contributed by atoms with Gasteiger partial charge in [0.15, 0.2) is 5.11 Å². The molecular weight excluding hydrogens is 524 g/mol. The number of thiocarbonyl (C=S) groups is 1. The second kappa shape index (κ2) is 12.0. The monoisotopic (exact) mass is 546 g/mol. The van der Waals surface area contributed by atoms with E-state index in [0.717, 1.165) is 22.5 Å². The van der Waals surface area contributed by atoms with Crippen LogP contribution in [0.5, 0.6) is 0 Å². The van der Waals surface area contributed by atoms with Crippen LogP contribution in [0, 0.1) is 13.8 Å². The topological polar surface area (TPSA) is 107 Å². The third-order valence-corrected chi connectivity index (χ3v) is 6.74. The smallest absolute Gasteiger partial charge is 0.348 e. The van der Waals surface area contributed by atoms with Crippen molar-refractivity contribution in [3.8, 4) is 11.3 Å². The standard InChI is InChI=1S/C25H23ClN2O6S2/c1-5-33-23(30)20-14(3)21(24(31)32-4)36-22(20)28-25(35)27-19(29)11-9-16-8-10-18(34-16)15-7-6-13(2)17(26)12-15/h6-12H,5H2,1-4H3,(H2,27,28,29,35)/b11-9+. The number of esters is 2. The molecule has 1 aromatic carbocycles. The molecule has 0 saturated heterocycles. The molecule has 36 heavy (non-hydrogen) atoms. The Morgan fingerprint density at radius 3 is 2.58 bits per heavy atom. The lowest BCUT2D eigenvalue weighted by atomic mass is 10.1. The number of carbonyl (C=O) groups is 3. The molecule has 8 nitrogen and oxygen atoms in total. The van der Waals surface area contributed by atoms with Crippen molar-refractivity contribution in [1.29, 1.82) is 0 Å². The lowest BCUT2D eigenvalue weighted by Gasteiger charge is -2.09.